The molecular formula is C13H10ClFN4. The lowest BCUT2D eigenvalue weighted by Crippen LogP contribution is -2.17. The first-order valence-corrected chi connectivity index (χ1v) is 6.15. The number of hydrazone groups is 1. The zero-order chi connectivity index (χ0) is 13.2. The number of nitrogens with zero attached hydrogens (tertiary/aromatic N) is 3. The van der Waals surface area contributed by atoms with Crippen LogP contribution in [0.15, 0.2) is 41.8 Å². The first-order chi connectivity index (χ1) is 9.24. The highest BCUT2D eigenvalue weighted by molar-refractivity contribution is 6.30. The van der Waals surface area contributed by atoms with Crippen molar-refractivity contribution in [3.63, 3.8) is 0 Å². The van der Waals surface area contributed by atoms with E-state index in [-0.39, 0.29) is 11.7 Å². The number of rotatable bonds is 2. The Morgan fingerprint density at radius 2 is 1.84 bits per heavy atom. The van der Waals surface area contributed by atoms with Crippen molar-refractivity contribution >= 4 is 17.3 Å². The van der Waals surface area contributed by atoms with Crippen molar-refractivity contribution in [2.45, 2.75) is 5.92 Å². The van der Waals surface area contributed by atoms with Crippen LogP contribution >= 0.6 is 11.6 Å². The molecule has 0 radical (unpaired) electrons. The molecule has 0 spiro atoms. The van der Waals surface area contributed by atoms with E-state index < -0.39 is 0 Å². The normalized spacial score (nSPS) is 18.0. The van der Waals surface area contributed by atoms with E-state index in [1.54, 1.807) is 24.5 Å². The van der Waals surface area contributed by atoms with Crippen LogP contribution in [0.1, 0.15) is 17.3 Å². The molecule has 0 aliphatic carbocycles. The third-order valence-corrected chi connectivity index (χ3v) is 3.11. The minimum Gasteiger partial charge on any atom is -0.309 e. The molecule has 0 fully saturated rings. The van der Waals surface area contributed by atoms with Crippen LogP contribution in [-0.2, 0) is 0 Å². The molecular weight excluding hydrogens is 267 g/mol. The second-order valence-corrected chi connectivity index (χ2v) is 4.61. The minimum atomic E-state index is -0.269. The Kier molecular flexibility index (Phi) is 3.13. The van der Waals surface area contributed by atoms with Gasteiger partial charge in [-0.3, -0.25) is 0 Å². The molecule has 0 bridgehead atoms. The topological polar surface area (TPSA) is 50.2 Å². The van der Waals surface area contributed by atoms with Gasteiger partial charge >= 0.3 is 0 Å². The maximum Gasteiger partial charge on any atom is 0.139 e. The number of hydrogen-bond acceptors (Lipinski definition) is 4. The third kappa shape index (κ3) is 2.42. The Morgan fingerprint density at radius 1 is 1.16 bits per heavy atom. The van der Waals surface area contributed by atoms with E-state index in [1.165, 1.54) is 12.1 Å². The maximum atomic E-state index is 12.9. The Hall–Kier alpha value is -2.01. The summed E-state index contributed by atoms with van der Waals surface area (Å²) in [7, 11) is 0. The largest absolute Gasteiger partial charge is 0.309 e. The molecule has 96 valence electrons. The maximum absolute atomic E-state index is 12.9. The molecule has 0 saturated carbocycles. The number of nitrogens with one attached hydrogen (secondary N) is 1. The van der Waals surface area contributed by atoms with Crippen LogP contribution in [0.5, 0.6) is 0 Å². The fourth-order valence-corrected chi connectivity index (χ4v) is 2.10. The molecule has 19 heavy (non-hydrogen) atoms. The average molecular weight is 277 g/mol. The van der Waals surface area contributed by atoms with Gasteiger partial charge in [-0.05, 0) is 17.7 Å². The predicted octanol–water partition coefficient (Wildman–Crippen LogP) is 2.36. The highest BCUT2D eigenvalue weighted by Gasteiger charge is 2.26. The van der Waals surface area contributed by atoms with Gasteiger partial charge in [0.25, 0.3) is 0 Å². The zero-order valence-corrected chi connectivity index (χ0v) is 10.6. The molecule has 2 heterocycles. The monoisotopic (exact) mass is 276 g/mol. The van der Waals surface area contributed by atoms with E-state index in [0.717, 1.165) is 11.3 Å². The van der Waals surface area contributed by atoms with Crippen molar-refractivity contribution in [2.24, 2.45) is 5.10 Å². The Morgan fingerprint density at radius 3 is 2.53 bits per heavy atom. The summed E-state index contributed by atoms with van der Waals surface area (Å²) < 4.78 is 12.9. The van der Waals surface area contributed by atoms with Crippen LogP contribution in [0.25, 0.3) is 0 Å². The second-order valence-electron chi connectivity index (χ2n) is 4.18. The van der Waals surface area contributed by atoms with Crippen molar-refractivity contribution in [1.29, 1.82) is 0 Å². The van der Waals surface area contributed by atoms with E-state index in [1.807, 2.05) is 0 Å². The molecule has 0 amide bonds. The number of aromatic nitrogens is 2. The molecule has 1 atom stereocenters. The Balaban J connectivity index is 1.93. The number of hydrogen-bond donors (Lipinski definition) is 1. The lowest BCUT2D eigenvalue weighted by atomic mass is 9.97. The van der Waals surface area contributed by atoms with Crippen LogP contribution in [0.4, 0.5) is 4.39 Å². The van der Waals surface area contributed by atoms with E-state index in [0.29, 0.717) is 17.4 Å². The van der Waals surface area contributed by atoms with Gasteiger partial charge in [0, 0.05) is 18.9 Å². The molecule has 0 saturated heterocycles. The molecule has 1 aromatic heterocycles. The quantitative estimate of drug-likeness (QED) is 0.916. The van der Waals surface area contributed by atoms with Gasteiger partial charge in [-0.1, -0.05) is 23.7 Å². The van der Waals surface area contributed by atoms with E-state index in [4.69, 9.17) is 11.6 Å². The Labute approximate surface area is 114 Å². The third-order valence-electron chi connectivity index (χ3n) is 2.92. The summed E-state index contributed by atoms with van der Waals surface area (Å²) in [5, 5.41) is 4.74. The molecule has 1 aliphatic heterocycles. The SMILES string of the molecule is Fc1ccc(C2=NNC[C@H]2c2ncc(Cl)cn2)cc1. The summed E-state index contributed by atoms with van der Waals surface area (Å²) in [6, 6.07) is 6.22. The lowest BCUT2D eigenvalue weighted by Gasteiger charge is -2.10. The minimum absolute atomic E-state index is 0.0530. The van der Waals surface area contributed by atoms with Crippen molar-refractivity contribution in [1.82, 2.24) is 15.4 Å². The Bertz CT molecular complexity index is 610. The fraction of sp³-hybridized carbons (Fsp3) is 0.154. The van der Waals surface area contributed by atoms with Crippen LogP contribution < -0.4 is 5.43 Å². The molecule has 6 heteroatoms. The standard InChI is InChI=1S/C13H10ClFN4/c14-9-5-16-13(17-6-9)11-7-18-19-12(11)8-1-3-10(15)4-2-8/h1-6,11,18H,7H2/t11-/m1/s1. The fourth-order valence-electron chi connectivity index (χ4n) is 2.00. The highest BCUT2D eigenvalue weighted by Crippen LogP contribution is 2.22. The van der Waals surface area contributed by atoms with Gasteiger partial charge in [-0.2, -0.15) is 5.10 Å². The molecule has 1 aromatic carbocycles. The zero-order valence-electron chi connectivity index (χ0n) is 9.85. The van der Waals surface area contributed by atoms with Crippen molar-refractivity contribution in [2.75, 3.05) is 6.54 Å². The molecule has 0 unspecified atom stereocenters. The molecule has 2 aromatic rings. The first-order valence-electron chi connectivity index (χ1n) is 5.78. The van der Waals surface area contributed by atoms with E-state index in [9.17, 15) is 4.39 Å². The van der Waals surface area contributed by atoms with E-state index in [2.05, 4.69) is 20.5 Å². The van der Waals surface area contributed by atoms with Crippen LogP contribution in [0.3, 0.4) is 0 Å². The molecule has 1 N–H and O–H groups in total. The summed E-state index contributed by atoms with van der Waals surface area (Å²) in [4.78, 5) is 8.43. The average Bonchev–Trinajstić information content (AvgIpc) is 2.90. The number of halogens is 2. The summed E-state index contributed by atoms with van der Waals surface area (Å²) in [6.07, 6.45) is 3.12. The first kappa shape index (κ1) is 12.0. The summed E-state index contributed by atoms with van der Waals surface area (Å²) in [5.74, 6) is 0.329. The highest BCUT2D eigenvalue weighted by atomic mass is 35.5. The molecule has 3 rings (SSSR count). The van der Waals surface area contributed by atoms with Gasteiger partial charge < -0.3 is 5.43 Å². The summed E-state index contributed by atoms with van der Waals surface area (Å²) in [6.45, 7) is 0.619. The molecule has 4 nitrogen and oxygen atoms in total. The molecule has 1 aliphatic rings. The van der Waals surface area contributed by atoms with Gasteiger partial charge in [0.05, 0.1) is 16.7 Å². The number of benzene rings is 1. The van der Waals surface area contributed by atoms with Gasteiger partial charge in [-0.15, -0.1) is 0 Å². The predicted molar refractivity (Wildman–Crippen MR) is 70.7 cm³/mol. The van der Waals surface area contributed by atoms with Crippen molar-refractivity contribution in [3.05, 3.63) is 58.9 Å². The second kappa shape index (κ2) is 4.93. The lowest BCUT2D eigenvalue weighted by molar-refractivity contribution is 0.627. The van der Waals surface area contributed by atoms with Gasteiger partial charge in [0.2, 0.25) is 0 Å². The van der Waals surface area contributed by atoms with E-state index >= 15 is 0 Å². The summed E-state index contributed by atoms with van der Waals surface area (Å²) in [5.41, 5.74) is 4.59. The summed E-state index contributed by atoms with van der Waals surface area (Å²) >= 11 is 5.78. The van der Waals surface area contributed by atoms with Crippen LogP contribution in [0, 0.1) is 5.82 Å². The van der Waals surface area contributed by atoms with Crippen LogP contribution in [-0.4, -0.2) is 22.2 Å². The van der Waals surface area contributed by atoms with Gasteiger partial charge in [0.15, 0.2) is 0 Å². The smallest absolute Gasteiger partial charge is 0.139 e. The van der Waals surface area contributed by atoms with Crippen molar-refractivity contribution < 1.29 is 4.39 Å². The van der Waals surface area contributed by atoms with Gasteiger partial charge in [0.1, 0.15) is 11.6 Å². The van der Waals surface area contributed by atoms with Crippen molar-refractivity contribution in [3.8, 4) is 0 Å². The van der Waals surface area contributed by atoms with Gasteiger partial charge in [-0.25, -0.2) is 14.4 Å². The van der Waals surface area contributed by atoms with Crippen LogP contribution in [0.2, 0.25) is 5.02 Å².